The third-order valence-electron chi connectivity index (χ3n) is 3.77. The third-order valence-corrected chi connectivity index (χ3v) is 3.77. The highest BCUT2D eigenvalue weighted by Gasteiger charge is 2.15. The smallest absolute Gasteiger partial charge is 0.257 e. The van der Waals surface area contributed by atoms with Crippen LogP contribution in [-0.4, -0.2) is 36.3 Å². The number of fused-ring (bicyclic) bond motifs is 1. The van der Waals surface area contributed by atoms with E-state index < -0.39 is 0 Å². The minimum Gasteiger partial charge on any atom is -0.481 e. The Bertz CT molecular complexity index is 840. The Morgan fingerprint density at radius 3 is 2.75 bits per heavy atom. The van der Waals surface area contributed by atoms with Gasteiger partial charge in [0.1, 0.15) is 0 Å². The molecule has 2 aromatic heterocycles. The van der Waals surface area contributed by atoms with Crippen LogP contribution < -0.4 is 10.1 Å². The van der Waals surface area contributed by atoms with Crippen molar-refractivity contribution in [1.82, 2.24) is 9.55 Å². The fraction of sp³-hybridized carbons (Fsp3) is 0.222. The molecular formula is C18H19N3O3. The summed E-state index contributed by atoms with van der Waals surface area (Å²) in [7, 11) is 3.21. The van der Waals surface area contributed by atoms with Crippen LogP contribution in [0.3, 0.4) is 0 Å². The zero-order valence-electron chi connectivity index (χ0n) is 13.7. The highest BCUT2D eigenvalue weighted by atomic mass is 16.5. The number of pyridine rings is 1. The summed E-state index contributed by atoms with van der Waals surface area (Å²) < 4.78 is 12.2. The molecule has 3 rings (SSSR count). The van der Waals surface area contributed by atoms with Crippen molar-refractivity contribution in [1.29, 1.82) is 0 Å². The summed E-state index contributed by atoms with van der Waals surface area (Å²) in [5.74, 6) is 0.332. The number of para-hydroxylation sites is 1. The second-order valence-corrected chi connectivity index (χ2v) is 5.29. The fourth-order valence-electron chi connectivity index (χ4n) is 2.58. The van der Waals surface area contributed by atoms with Gasteiger partial charge in [-0.05, 0) is 12.1 Å². The third kappa shape index (κ3) is 3.23. The number of nitrogens with zero attached hydrogens (tertiary/aromatic N) is 2. The molecule has 0 saturated carbocycles. The van der Waals surface area contributed by atoms with E-state index in [9.17, 15) is 4.79 Å². The van der Waals surface area contributed by atoms with Gasteiger partial charge in [0.2, 0.25) is 5.88 Å². The van der Waals surface area contributed by atoms with Gasteiger partial charge >= 0.3 is 0 Å². The monoisotopic (exact) mass is 325 g/mol. The number of hydrogen-bond donors (Lipinski definition) is 1. The van der Waals surface area contributed by atoms with Crippen molar-refractivity contribution >= 4 is 22.5 Å². The van der Waals surface area contributed by atoms with Gasteiger partial charge in [-0.2, -0.15) is 0 Å². The maximum absolute atomic E-state index is 12.7. The van der Waals surface area contributed by atoms with Crippen LogP contribution in [-0.2, 0) is 11.3 Å². The summed E-state index contributed by atoms with van der Waals surface area (Å²) in [6.07, 6.45) is 3.43. The molecule has 3 aromatic rings. The highest BCUT2D eigenvalue weighted by Crippen LogP contribution is 2.22. The molecule has 0 aliphatic carbocycles. The van der Waals surface area contributed by atoms with Crippen LogP contribution in [0, 0.1) is 0 Å². The molecule has 0 bridgehead atoms. The molecule has 6 nitrogen and oxygen atoms in total. The lowest BCUT2D eigenvalue weighted by molar-refractivity contribution is 0.102. The molecule has 2 heterocycles. The maximum Gasteiger partial charge on any atom is 0.257 e. The van der Waals surface area contributed by atoms with Crippen LogP contribution in [0.2, 0.25) is 0 Å². The van der Waals surface area contributed by atoms with Gasteiger partial charge in [0.25, 0.3) is 5.91 Å². The van der Waals surface area contributed by atoms with Crippen molar-refractivity contribution in [2.75, 3.05) is 26.1 Å². The van der Waals surface area contributed by atoms with Gasteiger partial charge in [-0.15, -0.1) is 0 Å². The lowest BCUT2D eigenvalue weighted by atomic mass is 10.1. The minimum absolute atomic E-state index is 0.172. The number of aromatic nitrogens is 2. The number of methoxy groups -OCH3 is 2. The average Bonchev–Trinajstić information content (AvgIpc) is 2.99. The zero-order valence-corrected chi connectivity index (χ0v) is 13.7. The van der Waals surface area contributed by atoms with Crippen molar-refractivity contribution in [3.05, 3.63) is 54.4 Å². The molecule has 0 radical (unpaired) electrons. The van der Waals surface area contributed by atoms with E-state index in [1.165, 1.54) is 0 Å². The second kappa shape index (κ2) is 7.14. The molecule has 6 heteroatoms. The Balaban J connectivity index is 1.88. The van der Waals surface area contributed by atoms with E-state index in [4.69, 9.17) is 9.47 Å². The number of amides is 1. The number of rotatable bonds is 6. The first-order valence-corrected chi connectivity index (χ1v) is 7.61. The molecule has 0 unspecified atom stereocenters. The first-order chi connectivity index (χ1) is 11.7. The molecule has 0 fully saturated rings. The van der Waals surface area contributed by atoms with Crippen LogP contribution in [0.25, 0.3) is 10.9 Å². The summed E-state index contributed by atoms with van der Waals surface area (Å²) in [4.78, 5) is 16.7. The van der Waals surface area contributed by atoms with Gasteiger partial charge < -0.3 is 19.4 Å². The number of benzene rings is 1. The molecule has 0 aliphatic rings. The molecule has 1 aromatic carbocycles. The number of nitrogens with one attached hydrogen (secondary N) is 1. The second-order valence-electron chi connectivity index (χ2n) is 5.29. The van der Waals surface area contributed by atoms with Gasteiger partial charge in [0, 0.05) is 36.8 Å². The molecule has 0 saturated heterocycles. The largest absolute Gasteiger partial charge is 0.481 e. The topological polar surface area (TPSA) is 65.4 Å². The molecule has 0 aliphatic heterocycles. The normalized spacial score (nSPS) is 10.8. The molecule has 1 N–H and O–H groups in total. The number of carbonyl (C=O) groups is 1. The maximum atomic E-state index is 12.7. The van der Waals surface area contributed by atoms with E-state index in [1.54, 1.807) is 32.5 Å². The number of hydrogen-bond acceptors (Lipinski definition) is 4. The van der Waals surface area contributed by atoms with Crippen molar-refractivity contribution in [3.63, 3.8) is 0 Å². The Kier molecular flexibility index (Phi) is 4.77. The Morgan fingerprint density at radius 2 is 2.04 bits per heavy atom. The predicted octanol–water partition coefficient (Wildman–Crippen LogP) is 2.94. The van der Waals surface area contributed by atoms with Crippen molar-refractivity contribution in [2.24, 2.45) is 0 Å². The lowest BCUT2D eigenvalue weighted by Gasteiger charge is -2.05. The summed E-state index contributed by atoms with van der Waals surface area (Å²) in [5, 5.41) is 3.78. The van der Waals surface area contributed by atoms with Gasteiger partial charge in [-0.1, -0.05) is 18.2 Å². The average molecular weight is 325 g/mol. The van der Waals surface area contributed by atoms with E-state index in [2.05, 4.69) is 10.3 Å². The quantitative estimate of drug-likeness (QED) is 0.757. The molecule has 24 heavy (non-hydrogen) atoms. The van der Waals surface area contributed by atoms with E-state index in [0.29, 0.717) is 30.3 Å². The van der Waals surface area contributed by atoms with Gasteiger partial charge in [0.15, 0.2) is 0 Å². The molecular weight excluding hydrogens is 306 g/mol. The van der Waals surface area contributed by atoms with Crippen molar-refractivity contribution in [3.8, 4) is 5.88 Å². The first-order valence-electron chi connectivity index (χ1n) is 7.61. The molecule has 0 atom stereocenters. The molecule has 124 valence electrons. The van der Waals surface area contributed by atoms with Gasteiger partial charge in [-0.25, -0.2) is 4.98 Å². The van der Waals surface area contributed by atoms with Crippen LogP contribution >= 0.6 is 0 Å². The Morgan fingerprint density at radius 1 is 1.21 bits per heavy atom. The van der Waals surface area contributed by atoms with Crippen LogP contribution in [0.15, 0.2) is 48.8 Å². The minimum atomic E-state index is -0.172. The number of carbonyl (C=O) groups excluding carboxylic acids is 1. The predicted molar refractivity (Wildman–Crippen MR) is 92.6 cm³/mol. The summed E-state index contributed by atoms with van der Waals surface area (Å²) in [6, 6.07) is 11.3. The van der Waals surface area contributed by atoms with Crippen LogP contribution in [0.5, 0.6) is 5.88 Å². The van der Waals surface area contributed by atoms with Crippen LogP contribution in [0.1, 0.15) is 10.4 Å². The van der Waals surface area contributed by atoms with Crippen molar-refractivity contribution < 1.29 is 14.3 Å². The molecule has 1 amide bonds. The standard InChI is InChI=1S/C18H19N3O3/c1-23-10-9-21-12-15(14-5-3-4-6-16(14)21)18(22)20-13-7-8-17(24-2)19-11-13/h3-8,11-12H,9-10H2,1-2H3,(H,20,22). The summed E-state index contributed by atoms with van der Waals surface area (Å²) in [6.45, 7) is 1.27. The number of anilines is 1. The van der Waals surface area contributed by atoms with E-state index in [1.807, 2.05) is 35.0 Å². The molecule has 0 spiro atoms. The van der Waals surface area contributed by atoms with Gasteiger partial charge in [0.05, 0.1) is 31.2 Å². The summed E-state index contributed by atoms with van der Waals surface area (Å²) >= 11 is 0. The zero-order chi connectivity index (χ0) is 16.9. The van der Waals surface area contributed by atoms with Crippen LogP contribution in [0.4, 0.5) is 5.69 Å². The number of ether oxygens (including phenoxy) is 2. The van der Waals surface area contributed by atoms with E-state index in [-0.39, 0.29) is 5.91 Å². The van der Waals surface area contributed by atoms with E-state index in [0.717, 1.165) is 10.9 Å². The Labute approximate surface area is 140 Å². The summed E-state index contributed by atoms with van der Waals surface area (Å²) in [5.41, 5.74) is 2.25. The van der Waals surface area contributed by atoms with E-state index >= 15 is 0 Å². The van der Waals surface area contributed by atoms with Crippen molar-refractivity contribution in [2.45, 2.75) is 6.54 Å². The van der Waals surface area contributed by atoms with Gasteiger partial charge in [-0.3, -0.25) is 4.79 Å². The Hall–Kier alpha value is -2.86. The first kappa shape index (κ1) is 16.0. The SMILES string of the molecule is COCCn1cc(C(=O)Nc2ccc(OC)nc2)c2ccccc21. The highest BCUT2D eigenvalue weighted by molar-refractivity contribution is 6.12. The lowest BCUT2D eigenvalue weighted by Crippen LogP contribution is -2.12. The fourth-order valence-corrected chi connectivity index (χ4v) is 2.58.